The Bertz CT molecular complexity index is 418. The first-order valence-electron chi connectivity index (χ1n) is 6.55. The molecule has 2 rings (SSSR count). The zero-order valence-corrected chi connectivity index (χ0v) is 12.1. The van der Waals surface area contributed by atoms with Gasteiger partial charge in [0.2, 0.25) is 0 Å². The van der Waals surface area contributed by atoms with Crippen LogP contribution >= 0.6 is 0 Å². The van der Waals surface area contributed by atoms with Crippen LogP contribution in [0.4, 0.5) is 0 Å². The molecule has 0 spiro atoms. The molecule has 0 radical (unpaired) electrons. The van der Waals surface area contributed by atoms with E-state index in [9.17, 15) is 0 Å². The van der Waals surface area contributed by atoms with Crippen molar-refractivity contribution in [1.82, 2.24) is 4.90 Å². The van der Waals surface area contributed by atoms with Gasteiger partial charge in [-0.05, 0) is 42.9 Å². The summed E-state index contributed by atoms with van der Waals surface area (Å²) < 4.78 is 0. The summed E-state index contributed by atoms with van der Waals surface area (Å²) in [6, 6.07) is 7.02. The minimum Gasteiger partial charge on any atom is -0.290 e. The molecule has 1 aliphatic heterocycles. The van der Waals surface area contributed by atoms with Crippen molar-refractivity contribution in [3.05, 3.63) is 34.9 Å². The van der Waals surface area contributed by atoms with Gasteiger partial charge < -0.3 is 0 Å². The molecule has 1 nitrogen and oxygen atoms in total. The summed E-state index contributed by atoms with van der Waals surface area (Å²) >= 11 is 0. The van der Waals surface area contributed by atoms with Gasteiger partial charge in [-0.15, -0.1) is 0 Å². The van der Waals surface area contributed by atoms with Crippen molar-refractivity contribution in [3.63, 3.8) is 0 Å². The van der Waals surface area contributed by atoms with Crippen LogP contribution in [-0.4, -0.2) is 10.4 Å². The molecule has 1 heteroatoms. The predicted octanol–water partition coefficient (Wildman–Crippen LogP) is 4.10. The van der Waals surface area contributed by atoms with Crippen LogP contribution in [0.2, 0.25) is 0 Å². The largest absolute Gasteiger partial charge is 0.290 e. The Morgan fingerprint density at radius 3 is 2.00 bits per heavy atom. The van der Waals surface area contributed by atoms with E-state index in [4.69, 9.17) is 0 Å². The molecule has 17 heavy (non-hydrogen) atoms. The quantitative estimate of drug-likeness (QED) is 0.650. The molecule has 94 valence electrons. The molecule has 0 aromatic heterocycles. The molecule has 1 aliphatic rings. The summed E-state index contributed by atoms with van der Waals surface area (Å²) in [5.74, 6) is 0. The molecule has 0 bridgehead atoms. The number of hydrogen-bond acceptors (Lipinski definition) is 1. The van der Waals surface area contributed by atoms with Gasteiger partial charge in [0.25, 0.3) is 0 Å². The van der Waals surface area contributed by atoms with Gasteiger partial charge in [-0.3, -0.25) is 4.90 Å². The highest BCUT2D eigenvalue weighted by molar-refractivity contribution is 5.37. The van der Waals surface area contributed by atoms with Gasteiger partial charge in [0.1, 0.15) is 0 Å². The van der Waals surface area contributed by atoms with Gasteiger partial charge in [-0.25, -0.2) is 0 Å². The molecule has 0 atom stereocenters. The summed E-state index contributed by atoms with van der Waals surface area (Å²) in [4.78, 5) is 2.55. The van der Waals surface area contributed by atoms with Gasteiger partial charge >= 0.3 is 0 Å². The fourth-order valence-electron chi connectivity index (χ4n) is 2.34. The molecule has 0 saturated carbocycles. The number of fused-ring (bicyclic) bond motifs is 1. The van der Waals surface area contributed by atoms with Crippen LogP contribution in [0.15, 0.2) is 18.2 Å². The Morgan fingerprint density at radius 2 is 1.47 bits per heavy atom. The van der Waals surface area contributed by atoms with Crippen LogP contribution in [0.3, 0.4) is 0 Å². The molecule has 0 amide bonds. The Hall–Kier alpha value is -0.820. The van der Waals surface area contributed by atoms with Crippen LogP contribution in [0.25, 0.3) is 0 Å². The van der Waals surface area contributed by atoms with E-state index in [1.165, 1.54) is 16.7 Å². The maximum Gasteiger partial charge on any atom is 0.0245 e. The van der Waals surface area contributed by atoms with Crippen LogP contribution in [0, 0.1) is 0 Å². The Morgan fingerprint density at radius 1 is 0.882 bits per heavy atom. The molecule has 0 unspecified atom stereocenters. The highest BCUT2D eigenvalue weighted by Gasteiger charge is 2.28. The first kappa shape index (κ1) is 12.6. The van der Waals surface area contributed by atoms with E-state index in [1.807, 2.05) is 0 Å². The third-order valence-electron chi connectivity index (χ3n) is 3.74. The topological polar surface area (TPSA) is 3.24 Å². The Kier molecular flexibility index (Phi) is 2.86. The van der Waals surface area contributed by atoms with Crippen molar-refractivity contribution < 1.29 is 0 Å². The van der Waals surface area contributed by atoms with E-state index in [0.717, 1.165) is 13.1 Å². The second kappa shape index (κ2) is 3.84. The zero-order valence-electron chi connectivity index (χ0n) is 12.1. The van der Waals surface area contributed by atoms with Crippen LogP contribution in [0.1, 0.15) is 58.2 Å². The molecule has 1 aromatic rings. The Balaban J connectivity index is 2.29. The fourth-order valence-corrected chi connectivity index (χ4v) is 2.34. The van der Waals surface area contributed by atoms with E-state index < -0.39 is 0 Å². The third-order valence-corrected chi connectivity index (χ3v) is 3.74. The standard InChI is InChI=1S/C16H25N/c1-15(2,3)14-8-7-12-10-17(16(4,5)6)11-13(12)9-14/h7-9H,10-11H2,1-6H3. The normalized spacial score (nSPS) is 17.3. The second-order valence-electron chi connectivity index (χ2n) is 7.26. The van der Waals surface area contributed by atoms with Gasteiger partial charge in [0, 0.05) is 18.6 Å². The summed E-state index contributed by atoms with van der Waals surface area (Å²) in [5, 5.41) is 0. The molecule has 0 aliphatic carbocycles. The SMILES string of the molecule is CC(C)(C)c1ccc2c(c1)CN(C(C)(C)C)C2. The lowest BCUT2D eigenvalue weighted by molar-refractivity contribution is 0.136. The van der Waals surface area contributed by atoms with Crippen molar-refractivity contribution in [3.8, 4) is 0 Å². The van der Waals surface area contributed by atoms with E-state index >= 15 is 0 Å². The van der Waals surface area contributed by atoms with Crippen molar-refractivity contribution >= 4 is 0 Å². The molecule has 0 saturated heterocycles. The molecule has 1 heterocycles. The summed E-state index contributed by atoms with van der Waals surface area (Å²) in [7, 11) is 0. The lowest BCUT2D eigenvalue weighted by Crippen LogP contribution is -2.36. The lowest BCUT2D eigenvalue weighted by Gasteiger charge is -2.31. The molecular formula is C16H25N. The highest BCUT2D eigenvalue weighted by atomic mass is 15.2. The number of nitrogens with zero attached hydrogens (tertiary/aromatic N) is 1. The predicted molar refractivity (Wildman–Crippen MR) is 74.1 cm³/mol. The van der Waals surface area contributed by atoms with Crippen LogP contribution < -0.4 is 0 Å². The number of benzene rings is 1. The third kappa shape index (κ3) is 2.55. The average Bonchev–Trinajstić information content (AvgIpc) is 2.57. The first-order chi connectivity index (χ1) is 7.68. The zero-order chi connectivity index (χ0) is 12.8. The monoisotopic (exact) mass is 231 g/mol. The van der Waals surface area contributed by atoms with Crippen LogP contribution in [0.5, 0.6) is 0 Å². The maximum absolute atomic E-state index is 2.55. The molecule has 0 fully saturated rings. The van der Waals surface area contributed by atoms with Crippen molar-refractivity contribution in [2.24, 2.45) is 0 Å². The number of hydrogen-bond donors (Lipinski definition) is 0. The summed E-state index contributed by atoms with van der Waals surface area (Å²) in [6.07, 6.45) is 0. The van der Waals surface area contributed by atoms with Crippen molar-refractivity contribution in [1.29, 1.82) is 0 Å². The summed E-state index contributed by atoms with van der Waals surface area (Å²) in [6.45, 7) is 15.9. The van der Waals surface area contributed by atoms with E-state index in [0.29, 0.717) is 0 Å². The second-order valence-corrected chi connectivity index (χ2v) is 7.26. The smallest absolute Gasteiger partial charge is 0.0245 e. The Labute approximate surface area is 106 Å². The minimum atomic E-state index is 0.254. The van der Waals surface area contributed by atoms with Crippen molar-refractivity contribution in [2.75, 3.05) is 0 Å². The fraction of sp³-hybridized carbons (Fsp3) is 0.625. The first-order valence-corrected chi connectivity index (χ1v) is 6.55. The summed E-state index contributed by atoms with van der Waals surface area (Å²) in [5.41, 5.74) is 5.00. The number of rotatable bonds is 0. The van der Waals surface area contributed by atoms with Gasteiger partial charge in [0.15, 0.2) is 0 Å². The lowest BCUT2D eigenvalue weighted by atomic mass is 9.85. The van der Waals surface area contributed by atoms with Gasteiger partial charge in [0.05, 0.1) is 0 Å². The maximum atomic E-state index is 2.55. The highest BCUT2D eigenvalue weighted by Crippen LogP contribution is 2.32. The minimum absolute atomic E-state index is 0.254. The van der Waals surface area contributed by atoms with E-state index in [1.54, 1.807) is 0 Å². The van der Waals surface area contributed by atoms with E-state index in [-0.39, 0.29) is 11.0 Å². The van der Waals surface area contributed by atoms with E-state index in [2.05, 4.69) is 64.6 Å². The van der Waals surface area contributed by atoms with Crippen molar-refractivity contribution in [2.45, 2.75) is 65.6 Å². The average molecular weight is 231 g/mol. The van der Waals surface area contributed by atoms with Crippen LogP contribution in [-0.2, 0) is 18.5 Å². The van der Waals surface area contributed by atoms with Gasteiger partial charge in [-0.1, -0.05) is 39.0 Å². The molecule has 1 aromatic carbocycles. The molecular weight excluding hydrogens is 206 g/mol. The molecule has 0 N–H and O–H groups in total. The van der Waals surface area contributed by atoms with Gasteiger partial charge in [-0.2, -0.15) is 0 Å².